The summed E-state index contributed by atoms with van der Waals surface area (Å²) in [5.74, 6) is 0. The van der Waals surface area contributed by atoms with Gasteiger partial charge in [-0.15, -0.1) is 0 Å². The number of nitrogens with zero attached hydrogens (tertiary/aromatic N) is 1. The molecule has 0 aliphatic heterocycles. The SMILES string of the molecule is CCC/C=C/C=C/[N+](=O)[O-]. The van der Waals surface area contributed by atoms with Crippen LogP contribution in [-0.4, -0.2) is 4.92 Å². The molecule has 0 atom stereocenters. The quantitative estimate of drug-likeness (QED) is 0.342. The molecule has 0 bridgehead atoms. The molecular weight excluding hydrogens is 130 g/mol. The first-order valence-electron chi connectivity index (χ1n) is 3.24. The van der Waals surface area contributed by atoms with Crippen LogP contribution in [0.4, 0.5) is 0 Å². The third-order valence-electron chi connectivity index (χ3n) is 0.910. The highest BCUT2D eigenvalue weighted by atomic mass is 16.6. The van der Waals surface area contributed by atoms with Gasteiger partial charge in [0.15, 0.2) is 0 Å². The summed E-state index contributed by atoms with van der Waals surface area (Å²) in [6, 6.07) is 0. The summed E-state index contributed by atoms with van der Waals surface area (Å²) in [7, 11) is 0. The highest BCUT2D eigenvalue weighted by molar-refractivity contribution is 4.98. The minimum absolute atomic E-state index is 0.476. The Kier molecular flexibility index (Phi) is 5.33. The van der Waals surface area contributed by atoms with E-state index in [9.17, 15) is 10.1 Å². The van der Waals surface area contributed by atoms with Crippen molar-refractivity contribution < 1.29 is 4.92 Å². The molecule has 0 heterocycles. The second-order valence-corrected chi connectivity index (χ2v) is 1.84. The second-order valence-electron chi connectivity index (χ2n) is 1.84. The van der Waals surface area contributed by atoms with Gasteiger partial charge in [-0.2, -0.15) is 0 Å². The lowest BCUT2D eigenvalue weighted by Gasteiger charge is -1.78. The molecule has 0 unspecified atom stereocenters. The van der Waals surface area contributed by atoms with Gasteiger partial charge in [0.1, 0.15) is 0 Å². The Balaban J connectivity index is 3.42. The normalized spacial score (nSPS) is 11.3. The third kappa shape index (κ3) is 6.88. The van der Waals surface area contributed by atoms with Gasteiger partial charge in [0.05, 0.1) is 4.92 Å². The van der Waals surface area contributed by atoms with E-state index in [1.807, 2.05) is 6.08 Å². The van der Waals surface area contributed by atoms with Crippen molar-refractivity contribution in [2.45, 2.75) is 19.8 Å². The van der Waals surface area contributed by atoms with E-state index >= 15 is 0 Å². The first-order chi connectivity index (χ1) is 4.77. The molecule has 0 amide bonds. The van der Waals surface area contributed by atoms with E-state index in [0.717, 1.165) is 19.0 Å². The van der Waals surface area contributed by atoms with Crippen LogP contribution in [-0.2, 0) is 0 Å². The maximum Gasteiger partial charge on any atom is 0.234 e. The lowest BCUT2D eigenvalue weighted by atomic mass is 10.3. The van der Waals surface area contributed by atoms with Crippen molar-refractivity contribution in [2.75, 3.05) is 0 Å². The Morgan fingerprint density at radius 2 is 2.20 bits per heavy atom. The van der Waals surface area contributed by atoms with E-state index in [1.165, 1.54) is 6.08 Å². The molecule has 0 rings (SSSR count). The minimum atomic E-state index is -0.476. The minimum Gasteiger partial charge on any atom is -0.259 e. The zero-order valence-corrected chi connectivity index (χ0v) is 5.99. The molecule has 0 N–H and O–H groups in total. The zero-order valence-electron chi connectivity index (χ0n) is 5.99. The van der Waals surface area contributed by atoms with Crippen LogP contribution in [0.3, 0.4) is 0 Å². The Hall–Kier alpha value is -1.12. The fourth-order valence-corrected chi connectivity index (χ4v) is 0.461. The number of hydrogen-bond acceptors (Lipinski definition) is 2. The Bertz CT molecular complexity index is 150. The number of hydrogen-bond donors (Lipinski definition) is 0. The zero-order chi connectivity index (χ0) is 7.82. The average Bonchev–Trinajstić information content (AvgIpc) is 1.87. The topological polar surface area (TPSA) is 43.1 Å². The molecule has 0 saturated heterocycles. The van der Waals surface area contributed by atoms with E-state index in [2.05, 4.69) is 6.92 Å². The molecule has 10 heavy (non-hydrogen) atoms. The van der Waals surface area contributed by atoms with Crippen LogP contribution in [0.2, 0.25) is 0 Å². The second kappa shape index (κ2) is 6.01. The van der Waals surface area contributed by atoms with Crippen molar-refractivity contribution >= 4 is 0 Å². The third-order valence-corrected chi connectivity index (χ3v) is 0.910. The van der Waals surface area contributed by atoms with Gasteiger partial charge in [0.25, 0.3) is 0 Å². The standard InChI is InChI=1S/C7H11NO2/c1-2-3-4-5-6-7-8(9)10/h4-7H,2-3H2,1H3/b5-4+,7-6+. The summed E-state index contributed by atoms with van der Waals surface area (Å²) in [5.41, 5.74) is 0. The van der Waals surface area contributed by atoms with Crippen LogP contribution < -0.4 is 0 Å². The van der Waals surface area contributed by atoms with E-state index in [0.29, 0.717) is 0 Å². The lowest BCUT2D eigenvalue weighted by molar-refractivity contribution is -0.402. The number of allylic oxidation sites excluding steroid dienone is 3. The van der Waals surface area contributed by atoms with Gasteiger partial charge in [-0.1, -0.05) is 25.5 Å². The molecule has 56 valence electrons. The fourth-order valence-electron chi connectivity index (χ4n) is 0.461. The fraction of sp³-hybridized carbons (Fsp3) is 0.429. The highest BCUT2D eigenvalue weighted by Gasteiger charge is 1.78. The van der Waals surface area contributed by atoms with Crippen LogP contribution in [0.5, 0.6) is 0 Å². The molecule has 0 saturated carbocycles. The van der Waals surface area contributed by atoms with Gasteiger partial charge in [-0.25, -0.2) is 0 Å². The Labute approximate surface area is 60.2 Å². The maximum atomic E-state index is 9.72. The van der Waals surface area contributed by atoms with E-state index < -0.39 is 4.92 Å². The van der Waals surface area contributed by atoms with Crippen LogP contribution in [0, 0.1) is 10.1 Å². The van der Waals surface area contributed by atoms with Crippen LogP contribution in [0.15, 0.2) is 24.4 Å². The summed E-state index contributed by atoms with van der Waals surface area (Å²) >= 11 is 0. The Morgan fingerprint density at radius 3 is 2.70 bits per heavy atom. The number of nitro groups is 1. The summed E-state index contributed by atoms with van der Waals surface area (Å²) in [6.07, 6.45) is 7.99. The maximum absolute atomic E-state index is 9.72. The van der Waals surface area contributed by atoms with E-state index in [-0.39, 0.29) is 0 Å². The lowest BCUT2D eigenvalue weighted by Crippen LogP contribution is -1.80. The van der Waals surface area contributed by atoms with E-state index in [1.54, 1.807) is 6.08 Å². The summed E-state index contributed by atoms with van der Waals surface area (Å²) in [4.78, 5) is 9.24. The van der Waals surface area contributed by atoms with Crippen molar-refractivity contribution in [3.63, 3.8) is 0 Å². The van der Waals surface area contributed by atoms with Crippen molar-refractivity contribution in [3.8, 4) is 0 Å². The molecular formula is C7H11NO2. The van der Waals surface area contributed by atoms with Crippen molar-refractivity contribution in [3.05, 3.63) is 34.5 Å². The van der Waals surface area contributed by atoms with E-state index in [4.69, 9.17) is 0 Å². The predicted molar refractivity (Wildman–Crippen MR) is 40.2 cm³/mol. The largest absolute Gasteiger partial charge is 0.259 e. The molecule has 0 radical (unpaired) electrons. The Morgan fingerprint density at radius 1 is 1.50 bits per heavy atom. The molecule has 3 nitrogen and oxygen atoms in total. The van der Waals surface area contributed by atoms with Gasteiger partial charge in [-0.05, 0) is 6.42 Å². The van der Waals surface area contributed by atoms with Crippen LogP contribution >= 0.6 is 0 Å². The van der Waals surface area contributed by atoms with Gasteiger partial charge < -0.3 is 0 Å². The van der Waals surface area contributed by atoms with Crippen LogP contribution in [0.25, 0.3) is 0 Å². The first kappa shape index (κ1) is 8.88. The summed E-state index contributed by atoms with van der Waals surface area (Å²) in [6.45, 7) is 2.06. The van der Waals surface area contributed by atoms with Crippen molar-refractivity contribution in [2.24, 2.45) is 0 Å². The van der Waals surface area contributed by atoms with Gasteiger partial charge >= 0.3 is 0 Å². The molecule has 0 aromatic rings. The van der Waals surface area contributed by atoms with Crippen LogP contribution in [0.1, 0.15) is 19.8 Å². The molecule has 0 aliphatic rings. The van der Waals surface area contributed by atoms with Crippen molar-refractivity contribution in [1.82, 2.24) is 0 Å². The number of unbranched alkanes of at least 4 members (excludes halogenated alkanes) is 1. The monoisotopic (exact) mass is 141 g/mol. The first-order valence-corrected chi connectivity index (χ1v) is 3.24. The summed E-state index contributed by atoms with van der Waals surface area (Å²) in [5, 5.41) is 9.72. The van der Waals surface area contributed by atoms with Gasteiger partial charge in [-0.3, -0.25) is 10.1 Å². The molecule has 0 fully saturated rings. The molecule has 0 aromatic heterocycles. The molecule has 0 aliphatic carbocycles. The average molecular weight is 141 g/mol. The molecule has 0 spiro atoms. The molecule has 0 aromatic carbocycles. The highest BCUT2D eigenvalue weighted by Crippen LogP contribution is 1.88. The number of rotatable bonds is 4. The van der Waals surface area contributed by atoms with Gasteiger partial charge in [0, 0.05) is 6.08 Å². The predicted octanol–water partition coefficient (Wildman–Crippen LogP) is 2.13. The van der Waals surface area contributed by atoms with Gasteiger partial charge in [0.2, 0.25) is 6.20 Å². The molecule has 3 heteroatoms. The smallest absolute Gasteiger partial charge is 0.234 e. The van der Waals surface area contributed by atoms with Crippen molar-refractivity contribution in [1.29, 1.82) is 0 Å². The summed E-state index contributed by atoms with van der Waals surface area (Å²) < 4.78 is 0.